The minimum atomic E-state index is 0.445. The van der Waals surface area contributed by atoms with Gasteiger partial charge in [0.15, 0.2) is 0 Å². The van der Waals surface area contributed by atoms with E-state index in [9.17, 15) is 0 Å². The number of hydrogen-bond donors (Lipinski definition) is 1. The summed E-state index contributed by atoms with van der Waals surface area (Å²) in [6.07, 6.45) is 0. The zero-order chi connectivity index (χ0) is 14.7. The lowest BCUT2D eigenvalue weighted by molar-refractivity contribution is 0.404. The van der Waals surface area contributed by atoms with Gasteiger partial charge in [-0.15, -0.1) is 0 Å². The van der Waals surface area contributed by atoms with E-state index in [0.717, 1.165) is 5.56 Å². The van der Waals surface area contributed by atoms with Gasteiger partial charge in [-0.25, -0.2) is 4.98 Å². The van der Waals surface area contributed by atoms with E-state index in [4.69, 9.17) is 32.7 Å². The predicted molar refractivity (Wildman–Crippen MR) is 82.3 cm³/mol. The van der Waals surface area contributed by atoms with Crippen molar-refractivity contribution in [1.29, 1.82) is 0 Å². The van der Waals surface area contributed by atoms with Gasteiger partial charge >= 0.3 is 0 Å². The van der Waals surface area contributed by atoms with E-state index < -0.39 is 0 Å². The summed E-state index contributed by atoms with van der Waals surface area (Å²) in [6, 6.07) is 7.08. The molecule has 0 aliphatic heterocycles. The largest absolute Gasteiger partial charge is 0.497 e. The molecule has 0 radical (unpaired) electrons. The Labute approximate surface area is 127 Å². The Hall–Kier alpha value is -1.65. The van der Waals surface area contributed by atoms with Gasteiger partial charge < -0.3 is 14.8 Å². The number of benzene rings is 1. The zero-order valence-corrected chi connectivity index (χ0v) is 12.8. The molecule has 1 aromatic heterocycles. The molecule has 1 N–H and O–H groups in total. The van der Waals surface area contributed by atoms with Gasteiger partial charge in [0.2, 0.25) is 0 Å². The van der Waals surface area contributed by atoms with Crippen LogP contribution in [0, 0.1) is 0 Å². The molecule has 1 aromatic carbocycles. The highest BCUT2D eigenvalue weighted by Crippen LogP contribution is 2.38. The number of methoxy groups -OCH3 is 2. The molecule has 0 aliphatic rings. The van der Waals surface area contributed by atoms with Gasteiger partial charge in [-0.2, -0.15) is 0 Å². The first-order valence-electron chi connectivity index (χ1n) is 5.87. The van der Waals surface area contributed by atoms with E-state index in [0.29, 0.717) is 33.1 Å². The van der Waals surface area contributed by atoms with Crippen LogP contribution in [0.2, 0.25) is 10.0 Å². The Morgan fingerprint density at radius 1 is 1.05 bits per heavy atom. The summed E-state index contributed by atoms with van der Waals surface area (Å²) in [4.78, 5) is 4.43. The molecule has 2 aromatic rings. The van der Waals surface area contributed by atoms with Crippen LogP contribution in [0.4, 0.5) is 5.82 Å². The van der Waals surface area contributed by atoms with E-state index in [1.54, 1.807) is 33.4 Å². The summed E-state index contributed by atoms with van der Waals surface area (Å²) in [5.74, 6) is 1.90. The van der Waals surface area contributed by atoms with Gasteiger partial charge in [0.25, 0.3) is 0 Å². The molecule has 4 nitrogen and oxygen atoms in total. The van der Waals surface area contributed by atoms with Crippen molar-refractivity contribution in [3.63, 3.8) is 0 Å². The Balaban J connectivity index is 2.66. The predicted octanol–water partition coefficient (Wildman–Crippen LogP) is 4.11. The van der Waals surface area contributed by atoms with Crippen molar-refractivity contribution >= 4 is 29.0 Å². The minimum absolute atomic E-state index is 0.445. The average Bonchev–Trinajstić information content (AvgIpc) is 2.47. The van der Waals surface area contributed by atoms with Gasteiger partial charge in [0.05, 0.1) is 30.0 Å². The molecule has 0 spiro atoms. The zero-order valence-electron chi connectivity index (χ0n) is 11.3. The topological polar surface area (TPSA) is 43.4 Å². The first-order valence-corrected chi connectivity index (χ1v) is 6.62. The third-order valence-electron chi connectivity index (χ3n) is 2.83. The number of hydrogen-bond acceptors (Lipinski definition) is 4. The monoisotopic (exact) mass is 312 g/mol. The number of nitrogens with one attached hydrogen (secondary N) is 1. The summed E-state index contributed by atoms with van der Waals surface area (Å²) in [5, 5.41) is 3.83. The van der Waals surface area contributed by atoms with Crippen LogP contribution in [-0.4, -0.2) is 26.3 Å². The lowest BCUT2D eigenvalue weighted by atomic mass is 10.1. The highest BCUT2D eigenvalue weighted by atomic mass is 35.5. The number of anilines is 1. The number of nitrogens with zero attached hydrogens (tertiary/aromatic N) is 1. The highest BCUT2D eigenvalue weighted by molar-refractivity contribution is 6.37. The van der Waals surface area contributed by atoms with E-state index in [1.165, 1.54) is 0 Å². The van der Waals surface area contributed by atoms with Crippen LogP contribution >= 0.6 is 23.2 Å². The van der Waals surface area contributed by atoms with Crippen molar-refractivity contribution in [3.8, 4) is 22.8 Å². The van der Waals surface area contributed by atoms with Gasteiger partial charge in [0, 0.05) is 12.6 Å². The maximum absolute atomic E-state index is 6.25. The highest BCUT2D eigenvalue weighted by Gasteiger charge is 2.15. The first kappa shape index (κ1) is 14.8. The fraction of sp³-hybridized carbons (Fsp3) is 0.214. The molecule has 2 rings (SSSR count). The first-order chi connectivity index (χ1) is 9.60. The summed E-state index contributed by atoms with van der Waals surface area (Å²) < 4.78 is 10.6. The SMILES string of the molecule is CNc1nc(-c2cc(OC)ccc2OC)c(Cl)cc1Cl. The van der Waals surface area contributed by atoms with Gasteiger partial charge in [0.1, 0.15) is 17.3 Å². The quantitative estimate of drug-likeness (QED) is 0.922. The second-order valence-electron chi connectivity index (χ2n) is 3.97. The third kappa shape index (κ3) is 2.76. The van der Waals surface area contributed by atoms with Gasteiger partial charge in [-0.05, 0) is 24.3 Å². The van der Waals surface area contributed by atoms with Crippen LogP contribution in [0.3, 0.4) is 0 Å². The number of rotatable bonds is 4. The number of pyridine rings is 1. The van der Waals surface area contributed by atoms with Crippen LogP contribution in [-0.2, 0) is 0 Å². The van der Waals surface area contributed by atoms with E-state index >= 15 is 0 Å². The molecule has 6 heteroatoms. The number of aromatic nitrogens is 1. The fourth-order valence-corrected chi connectivity index (χ4v) is 2.38. The molecule has 0 fully saturated rings. The van der Waals surface area contributed by atoms with Crippen LogP contribution in [0.1, 0.15) is 0 Å². The van der Waals surface area contributed by atoms with Crippen molar-refractivity contribution in [2.45, 2.75) is 0 Å². The standard InChI is InChI=1S/C14H14Cl2N2O2/c1-17-14-11(16)7-10(15)13(18-14)9-6-8(19-2)4-5-12(9)20-3/h4-7H,1-3H3,(H,17,18). The fourth-order valence-electron chi connectivity index (χ4n) is 1.83. The smallest absolute Gasteiger partial charge is 0.145 e. The molecule has 0 bridgehead atoms. The van der Waals surface area contributed by atoms with E-state index in [2.05, 4.69) is 10.3 Å². The van der Waals surface area contributed by atoms with E-state index in [-0.39, 0.29) is 0 Å². The molecule has 0 aliphatic carbocycles. The minimum Gasteiger partial charge on any atom is -0.497 e. The molecule has 1 heterocycles. The Morgan fingerprint density at radius 2 is 1.80 bits per heavy atom. The summed E-state index contributed by atoms with van der Waals surface area (Å²) >= 11 is 12.3. The summed E-state index contributed by atoms with van der Waals surface area (Å²) in [7, 11) is 4.93. The van der Waals surface area contributed by atoms with E-state index in [1.807, 2.05) is 12.1 Å². The van der Waals surface area contributed by atoms with Gasteiger partial charge in [-0.1, -0.05) is 23.2 Å². The van der Waals surface area contributed by atoms with Crippen LogP contribution < -0.4 is 14.8 Å². The van der Waals surface area contributed by atoms with Crippen molar-refractivity contribution in [2.24, 2.45) is 0 Å². The van der Waals surface area contributed by atoms with Crippen LogP contribution in [0.15, 0.2) is 24.3 Å². The molecular formula is C14H14Cl2N2O2. The Morgan fingerprint density at radius 3 is 2.40 bits per heavy atom. The van der Waals surface area contributed by atoms with Crippen molar-refractivity contribution in [3.05, 3.63) is 34.3 Å². The van der Waals surface area contributed by atoms with Crippen molar-refractivity contribution < 1.29 is 9.47 Å². The summed E-state index contributed by atoms with van der Waals surface area (Å²) in [5.41, 5.74) is 1.32. The second-order valence-corrected chi connectivity index (χ2v) is 4.78. The maximum Gasteiger partial charge on any atom is 0.145 e. The summed E-state index contributed by atoms with van der Waals surface area (Å²) in [6.45, 7) is 0. The third-order valence-corrected chi connectivity index (χ3v) is 3.40. The average molecular weight is 313 g/mol. The van der Waals surface area contributed by atoms with Crippen molar-refractivity contribution in [2.75, 3.05) is 26.6 Å². The Bertz CT molecular complexity index is 633. The van der Waals surface area contributed by atoms with Crippen molar-refractivity contribution in [1.82, 2.24) is 4.98 Å². The van der Waals surface area contributed by atoms with Crippen LogP contribution in [0.25, 0.3) is 11.3 Å². The molecule has 0 amide bonds. The van der Waals surface area contributed by atoms with Crippen LogP contribution in [0.5, 0.6) is 11.5 Å². The molecule has 0 saturated carbocycles. The maximum atomic E-state index is 6.25. The molecule has 20 heavy (non-hydrogen) atoms. The number of ether oxygens (including phenoxy) is 2. The molecule has 0 unspecified atom stereocenters. The normalized spacial score (nSPS) is 10.2. The molecule has 106 valence electrons. The lowest BCUT2D eigenvalue weighted by Crippen LogP contribution is -1.98. The second kappa shape index (κ2) is 6.20. The van der Waals surface area contributed by atoms with Gasteiger partial charge in [-0.3, -0.25) is 0 Å². The molecular weight excluding hydrogens is 299 g/mol. The molecule has 0 saturated heterocycles. The number of halogens is 2. The lowest BCUT2D eigenvalue weighted by Gasteiger charge is -2.13. The Kier molecular flexibility index (Phi) is 4.57. The molecule has 0 atom stereocenters.